The van der Waals surface area contributed by atoms with Crippen LogP contribution in [-0.2, 0) is 6.18 Å². The maximum Gasteiger partial charge on any atom is 0.433 e. The third-order valence-electron chi connectivity index (χ3n) is 4.37. The smallest absolute Gasteiger partial charge is 0.433 e. The van der Waals surface area contributed by atoms with Crippen molar-refractivity contribution in [1.29, 1.82) is 0 Å². The van der Waals surface area contributed by atoms with Crippen molar-refractivity contribution in [3.05, 3.63) is 52.4 Å². The van der Waals surface area contributed by atoms with E-state index in [1.54, 1.807) is 0 Å². The van der Waals surface area contributed by atoms with Crippen LogP contribution in [0.5, 0.6) is 5.75 Å². The van der Waals surface area contributed by atoms with Crippen molar-refractivity contribution in [3.63, 3.8) is 0 Å². The fourth-order valence-electron chi connectivity index (χ4n) is 2.86. The Bertz CT molecular complexity index is 1130. The summed E-state index contributed by atoms with van der Waals surface area (Å²) in [6, 6.07) is 5.63. The fourth-order valence-corrected chi connectivity index (χ4v) is 3.09. The molecule has 12 heteroatoms. The Balaban J connectivity index is 1.63. The Kier molecular flexibility index (Phi) is 5.00. The lowest BCUT2D eigenvalue weighted by molar-refractivity contribution is -0.142. The van der Waals surface area contributed by atoms with E-state index in [-0.39, 0.29) is 33.7 Å². The van der Waals surface area contributed by atoms with Crippen LogP contribution >= 0.6 is 11.6 Å². The zero-order chi connectivity index (χ0) is 21.6. The number of carbonyl (C=O) groups excluding carboxylic acids is 1. The average molecular weight is 447 g/mol. The molecule has 0 atom stereocenters. The number of alkyl halides is 5. The summed E-state index contributed by atoms with van der Waals surface area (Å²) in [7, 11) is 0. The number of halogens is 6. The first-order valence-electron chi connectivity index (χ1n) is 8.65. The van der Waals surface area contributed by atoms with Gasteiger partial charge in [0.1, 0.15) is 11.4 Å². The minimum Gasteiger partial charge on any atom is -0.433 e. The molecule has 4 rings (SSSR count). The van der Waals surface area contributed by atoms with E-state index < -0.39 is 24.4 Å². The molecule has 2 aromatic heterocycles. The van der Waals surface area contributed by atoms with Crippen LogP contribution in [0.15, 0.2) is 30.3 Å². The average Bonchev–Trinajstić information content (AvgIpc) is 3.40. The van der Waals surface area contributed by atoms with Crippen LogP contribution in [0.1, 0.15) is 40.6 Å². The van der Waals surface area contributed by atoms with Gasteiger partial charge in [-0.1, -0.05) is 11.6 Å². The molecule has 0 radical (unpaired) electrons. The highest BCUT2D eigenvalue weighted by Crippen LogP contribution is 2.41. The van der Waals surface area contributed by atoms with Gasteiger partial charge in [-0.15, -0.1) is 0 Å². The van der Waals surface area contributed by atoms with Gasteiger partial charge < -0.3 is 10.1 Å². The second kappa shape index (κ2) is 7.38. The van der Waals surface area contributed by atoms with Gasteiger partial charge in [0, 0.05) is 23.4 Å². The number of rotatable bonds is 5. The van der Waals surface area contributed by atoms with Crippen LogP contribution in [0.2, 0.25) is 5.02 Å². The number of nitrogens with zero attached hydrogens (tertiary/aromatic N) is 3. The largest absolute Gasteiger partial charge is 0.433 e. The molecule has 158 valence electrons. The summed E-state index contributed by atoms with van der Waals surface area (Å²) in [5.74, 6) is -1.14. The minimum absolute atomic E-state index is 0.0283. The van der Waals surface area contributed by atoms with Crippen LogP contribution in [-0.4, -0.2) is 27.1 Å². The lowest BCUT2D eigenvalue weighted by Gasteiger charge is -2.10. The second-order valence-corrected chi connectivity index (χ2v) is 7.02. The van der Waals surface area contributed by atoms with Crippen LogP contribution < -0.4 is 10.1 Å². The van der Waals surface area contributed by atoms with E-state index in [0.29, 0.717) is 10.2 Å². The number of aromatic nitrogens is 3. The highest BCUT2D eigenvalue weighted by atomic mass is 35.5. The summed E-state index contributed by atoms with van der Waals surface area (Å²) in [6.07, 6.45) is -3.17. The van der Waals surface area contributed by atoms with Crippen LogP contribution in [0, 0.1) is 0 Å². The lowest BCUT2D eigenvalue weighted by Crippen LogP contribution is -2.16. The van der Waals surface area contributed by atoms with Gasteiger partial charge in [0.05, 0.1) is 5.02 Å². The Morgan fingerprint density at radius 3 is 2.57 bits per heavy atom. The second-order valence-electron chi connectivity index (χ2n) is 6.62. The van der Waals surface area contributed by atoms with E-state index in [4.69, 9.17) is 11.6 Å². The molecule has 3 aromatic rings. The molecule has 2 heterocycles. The summed E-state index contributed by atoms with van der Waals surface area (Å²) in [4.78, 5) is 16.6. The highest BCUT2D eigenvalue weighted by Gasteiger charge is 2.37. The quantitative estimate of drug-likeness (QED) is 0.551. The normalized spacial score (nSPS) is 14.4. The van der Waals surface area contributed by atoms with Crippen LogP contribution in [0.3, 0.4) is 0 Å². The van der Waals surface area contributed by atoms with Crippen molar-refractivity contribution in [1.82, 2.24) is 14.6 Å². The predicted molar refractivity (Wildman–Crippen MR) is 96.0 cm³/mol. The van der Waals surface area contributed by atoms with Crippen LogP contribution in [0.25, 0.3) is 5.65 Å². The summed E-state index contributed by atoms with van der Waals surface area (Å²) in [5, 5.41) is 5.96. The first-order valence-corrected chi connectivity index (χ1v) is 9.03. The molecular weight excluding hydrogens is 435 g/mol. The lowest BCUT2D eigenvalue weighted by atomic mass is 10.2. The molecule has 1 amide bonds. The first kappa shape index (κ1) is 20.3. The van der Waals surface area contributed by atoms with Crippen molar-refractivity contribution in [2.45, 2.75) is 31.5 Å². The molecule has 1 aromatic carbocycles. The van der Waals surface area contributed by atoms with Gasteiger partial charge in [-0.3, -0.25) is 4.79 Å². The molecule has 30 heavy (non-hydrogen) atoms. The SMILES string of the molecule is O=C(Nc1ccc(OC(F)F)c(Cl)c1)c1cc2nc(C3CC3)cc(C(F)(F)F)n2n1. The number of carbonyl (C=O) groups is 1. The van der Waals surface area contributed by atoms with E-state index in [1.807, 2.05) is 0 Å². The summed E-state index contributed by atoms with van der Waals surface area (Å²) >= 11 is 5.83. The Labute approximate surface area is 170 Å². The zero-order valence-electron chi connectivity index (χ0n) is 14.9. The Morgan fingerprint density at radius 1 is 1.23 bits per heavy atom. The van der Waals surface area contributed by atoms with Gasteiger partial charge >= 0.3 is 12.8 Å². The molecule has 6 nitrogen and oxygen atoms in total. The number of amides is 1. The predicted octanol–water partition coefficient (Wildman–Crippen LogP) is 5.13. The van der Waals surface area contributed by atoms with E-state index in [9.17, 15) is 26.7 Å². The highest BCUT2D eigenvalue weighted by molar-refractivity contribution is 6.32. The van der Waals surface area contributed by atoms with Gasteiger partial charge in [0.15, 0.2) is 11.3 Å². The van der Waals surface area contributed by atoms with Crippen molar-refractivity contribution >= 4 is 28.8 Å². The third kappa shape index (κ3) is 4.16. The summed E-state index contributed by atoms with van der Waals surface area (Å²) < 4.78 is 69.7. The molecule has 0 spiro atoms. The fraction of sp³-hybridized carbons (Fsp3) is 0.278. The van der Waals surface area contributed by atoms with E-state index in [2.05, 4.69) is 20.1 Å². The molecule has 1 fully saturated rings. The molecule has 0 aliphatic heterocycles. The number of ether oxygens (including phenoxy) is 1. The van der Waals surface area contributed by atoms with Crippen LogP contribution in [0.4, 0.5) is 27.6 Å². The molecule has 1 aliphatic carbocycles. The van der Waals surface area contributed by atoms with E-state index in [0.717, 1.165) is 37.1 Å². The monoisotopic (exact) mass is 446 g/mol. The molecule has 1 saturated carbocycles. The Morgan fingerprint density at radius 2 is 1.97 bits per heavy atom. The maximum atomic E-state index is 13.4. The molecule has 1 N–H and O–H groups in total. The van der Waals surface area contributed by atoms with Gasteiger partial charge in [-0.25, -0.2) is 9.50 Å². The molecule has 1 aliphatic rings. The number of hydrogen-bond acceptors (Lipinski definition) is 4. The van der Waals surface area contributed by atoms with E-state index >= 15 is 0 Å². The topological polar surface area (TPSA) is 68.5 Å². The van der Waals surface area contributed by atoms with Crippen molar-refractivity contribution in [2.24, 2.45) is 0 Å². The zero-order valence-corrected chi connectivity index (χ0v) is 15.6. The first-order chi connectivity index (χ1) is 14.1. The number of fused-ring (bicyclic) bond motifs is 1. The number of hydrogen-bond donors (Lipinski definition) is 1. The minimum atomic E-state index is -4.68. The third-order valence-corrected chi connectivity index (χ3v) is 4.67. The number of nitrogens with one attached hydrogen (secondary N) is 1. The van der Waals surface area contributed by atoms with Gasteiger partial charge in [0.25, 0.3) is 5.91 Å². The maximum absolute atomic E-state index is 13.4. The molecular formula is C18H12ClF5N4O2. The van der Waals surface area contributed by atoms with Gasteiger partial charge in [0.2, 0.25) is 0 Å². The number of benzene rings is 1. The van der Waals surface area contributed by atoms with Gasteiger partial charge in [-0.2, -0.15) is 27.1 Å². The number of anilines is 1. The Hall–Kier alpha value is -2.95. The van der Waals surface area contributed by atoms with E-state index in [1.165, 1.54) is 6.07 Å². The standard InChI is InChI=1S/C18H12ClF5N4O2/c19-10-5-9(3-4-13(10)30-17(20)21)25-16(29)12-7-15-26-11(8-1-2-8)6-14(18(22,23)24)28(15)27-12/h3-8,17H,1-2H2,(H,25,29). The van der Waals surface area contributed by atoms with Gasteiger partial charge in [-0.05, 0) is 37.1 Å². The summed E-state index contributed by atoms with van der Waals surface area (Å²) in [6.45, 7) is -3.07. The molecule has 0 unspecified atom stereocenters. The molecule has 0 saturated heterocycles. The van der Waals surface area contributed by atoms with Crippen molar-refractivity contribution in [3.8, 4) is 5.75 Å². The van der Waals surface area contributed by atoms with Crippen molar-refractivity contribution in [2.75, 3.05) is 5.32 Å². The summed E-state index contributed by atoms with van der Waals surface area (Å²) in [5.41, 5.74) is -1.00. The van der Waals surface area contributed by atoms with Crippen molar-refractivity contribution < 1.29 is 31.5 Å². The molecule has 0 bridgehead atoms.